The molecule has 0 spiro atoms. The molecule has 0 aromatic carbocycles. The minimum absolute atomic E-state index is 0.0383. The first kappa shape index (κ1) is 17.5. The summed E-state index contributed by atoms with van der Waals surface area (Å²) in [5, 5.41) is 21.2. The van der Waals surface area contributed by atoms with Crippen molar-refractivity contribution < 1.29 is 4.92 Å². The van der Waals surface area contributed by atoms with Crippen LogP contribution in [-0.4, -0.2) is 34.3 Å². The lowest BCUT2D eigenvalue weighted by atomic mass is 10.1. The fourth-order valence-corrected chi connectivity index (χ4v) is 4.67. The van der Waals surface area contributed by atoms with E-state index < -0.39 is 4.92 Å². The maximum absolute atomic E-state index is 11.3. The highest BCUT2D eigenvalue weighted by molar-refractivity contribution is 7.18. The number of fused-ring (bicyclic) bond motifs is 3. The molecule has 0 N–H and O–H groups in total. The van der Waals surface area contributed by atoms with E-state index in [-0.39, 0.29) is 11.7 Å². The number of aromatic nitrogens is 6. The quantitative estimate of drug-likeness (QED) is 0.393. The van der Waals surface area contributed by atoms with Crippen molar-refractivity contribution in [1.29, 1.82) is 0 Å². The molecule has 0 radical (unpaired) electrons. The Bertz CT molecular complexity index is 1200. The van der Waals surface area contributed by atoms with Gasteiger partial charge in [-0.2, -0.15) is 5.10 Å². The number of nitro groups is 1. The molecule has 140 valence electrons. The molecule has 0 saturated carbocycles. The van der Waals surface area contributed by atoms with E-state index >= 15 is 0 Å². The summed E-state index contributed by atoms with van der Waals surface area (Å²) in [6, 6.07) is -0.336. The van der Waals surface area contributed by atoms with Gasteiger partial charge in [0.25, 0.3) is 0 Å². The maximum atomic E-state index is 11.3. The molecule has 4 aromatic heterocycles. The van der Waals surface area contributed by atoms with Crippen LogP contribution < -0.4 is 0 Å². The van der Waals surface area contributed by atoms with Crippen LogP contribution in [0, 0.1) is 30.9 Å². The van der Waals surface area contributed by atoms with Crippen molar-refractivity contribution in [3.05, 3.63) is 44.1 Å². The fourth-order valence-electron chi connectivity index (χ4n) is 3.59. The monoisotopic (exact) mass is 385 g/mol. The number of rotatable bonds is 4. The van der Waals surface area contributed by atoms with Crippen LogP contribution >= 0.6 is 11.3 Å². The molecule has 0 amide bonds. The Balaban J connectivity index is 1.89. The predicted octanol–water partition coefficient (Wildman–Crippen LogP) is 3.54. The summed E-state index contributed by atoms with van der Waals surface area (Å²) in [5.41, 5.74) is 2.92. The number of hydrogen-bond donors (Lipinski definition) is 0. The summed E-state index contributed by atoms with van der Waals surface area (Å²) in [5.74, 6) is 0.552. The van der Waals surface area contributed by atoms with Crippen LogP contribution in [0.5, 0.6) is 0 Å². The summed E-state index contributed by atoms with van der Waals surface area (Å²) < 4.78 is 3.30. The Morgan fingerprint density at radius 1 is 1.30 bits per heavy atom. The Kier molecular flexibility index (Phi) is 3.95. The largest absolute Gasteiger partial charge is 0.312 e. The van der Waals surface area contributed by atoms with E-state index in [1.54, 1.807) is 40.7 Å². The molecule has 0 aliphatic heterocycles. The molecule has 0 fully saturated rings. The molecule has 4 aromatic rings. The molecule has 0 saturated heterocycles. The van der Waals surface area contributed by atoms with Gasteiger partial charge in [0.15, 0.2) is 11.5 Å². The van der Waals surface area contributed by atoms with Gasteiger partial charge in [0.05, 0.1) is 10.3 Å². The first-order valence-electron chi connectivity index (χ1n) is 8.66. The molecule has 4 rings (SSSR count). The van der Waals surface area contributed by atoms with Crippen molar-refractivity contribution in [3.8, 4) is 0 Å². The number of nitrogens with zero attached hydrogens (tertiary/aromatic N) is 7. The summed E-state index contributed by atoms with van der Waals surface area (Å²) in [4.78, 5) is 22.3. The first-order chi connectivity index (χ1) is 12.8. The number of thiophene rings is 1. The third kappa shape index (κ3) is 2.51. The first-order valence-corrected chi connectivity index (χ1v) is 9.48. The topological polar surface area (TPSA) is 104 Å². The molecule has 9 nitrogen and oxygen atoms in total. The van der Waals surface area contributed by atoms with Gasteiger partial charge in [-0.3, -0.25) is 14.8 Å². The van der Waals surface area contributed by atoms with Crippen molar-refractivity contribution >= 4 is 32.9 Å². The SMILES string of the molecule is CCc1c(C)sc2ncn3nc(C(C)n4nc(C)c([N+](=O)[O-])c4C)nc3c12. The van der Waals surface area contributed by atoms with Crippen molar-refractivity contribution in [3.63, 3.8) is 0 Å². The molecule has 0 bridgehead atoms. The second-order valence-corrected chi connectivity index (χ2v) is 7.75. The zero-order valence-corrected chi connectivity index (χ0v) is 16.5. The van der Waals surface area contributed by atoms with Crippen LogP contribution in [-0.2, 0) is 6.42 Å². The molecular weight excluding hydrogens is 366 g/mol. The summed E-state index contributed by atoms with van der Waals surface area (Å²) >= 11 is 1.66. The minimum atomic E-state index is -0.396. The summed E-state index contributed by atoms with van der Waals surface area (Å²) in [6.45, 7) is 9.44. The van der Waals surface area contributed by atoms with E-state index in [2.05, 4.69) is 29.0 Å². The fraction of sp³-hybridized carbons (Fsp3) is 0.412. The third-order valence-corrected chi connectivity index (χ3v) is 5.96. The van der Waals surface area contributed by atoms with E-state index in [0.717, 1.165) is 22.3 Å². The highest BCUT2D eigenvalue weighted by Gasteiger charge is 2.27. The van der Waals surface area contributed by atoms with E-state index in [9.17, 15) is 10.1 Å². The van der Waals surface area contributed by atoms with Gasteiger partial charge in [0, 0.05) is 4.88 Å². The number of hydrogen-bond acceptors (Lipinski definition) is 7. The van der Waals surface area contributed by atoms with Gasteiger partial charge in [0.2, 0.25) is 0 Å². The molecule has 1 atom stereocenters. The van der Waals surface area contributed by atoms with Crippen LogP contribution in [0.25, 0.3) is 15.9 Å². The Hall–Kier alpha value is -2.88. The molecule has 10 heteroatoms. The second kappa shape index (κ2) is 6.08. The van der Waals surface area contributed by atoms with E-state index in [4.69, 9.17) is 4.98 Å². The Morgan fingerprint density at radius 2 is 2.04 bits per heavy atom. The van der Waals surface area contributed by atoms with Gasteiger partial charge in [-0.1, -0.05) is 6.92 Å². The Labute approximate surface area is 158 Å². The van der Waals surface area contributed by atoms with E-state index in [0.29, 0.717) is 17.2 Å². The molecule has 0 aliphatic rings. The maximum Gasteiger partial charge on any atom is 0.312 e. The van der Waals surface area contributed by atoms with Crippen LogP contribution in [0.15, 0.2) is 6.33 Å². The third-order valence-electron chi connectivity index (χ3n) is 4.91. The van der Waals surface area contributed by atoms with Gasteiger partial charge in [-0.05, 0) is 39.7 Å². The number of aryl methyl sites for hydroxylation is 3. The van der Waals surface area contributed by atoms with Crippen molar-refractivity contribution in [2.45, 2.75) is 47.1 Å². The van der Waals surface area contributed by atoms with Gasteiger partial charge in [-0.15, -0.1) is 16.4 Å². The summed E-state index contributed by atoms with van der Waals surface area (Å²) in [7, 11) is 0. The molecule has 0 aliphatic carbocycles. The average molecular weight is 385 g/mol. The smallest absolute Gasteiger partial charge is 0.258 e. The molecule has 1 unspecified atom stereocenters. The predicted molar refractivity (Wildman–Crippen MR) is 102 cm³/mol. The van der Waals surface area contributed by atoms with Gasteiger partial charge < -0.3 is 0 Å². The van der Waals surface area contributed by atoms with Crippen molar-refractivity contribution in [1.82, 2.24) is 29.4 Å². The average Bonchev–Trinajstić information content (AvgIpc) is 3.26. The standard InChI is InChI=1S/C17H19N7O2S/c1-6-12-11(5)27-17-13(12)16-19-15(21-22(16)7-18-17)10(4)23-9(3)14(24(25)26)8(2)20-23/h7,10H,6H2,1-5H3. The van der Waals surface area contributed by atoms with Crippen LogP contribution in [0.1, 0.15) is 47.5 Å². The molecule has 4 heterocycles. The Morgan fingerprint density at radius 3 is 2.67 bits per heavy atom. The van der Waals surface area contributed by atoms with Crippen LogP contribution in [0.3, 0.4) is 0 Å². The molecular formula is C17H19N7O2S. The summed E-state index contributed by atoms with van der Waals surface area (Å²) in [6.07, 6.45) is 2.56. The zero-order valence-electron chi connectivity index (χ0n) is 15.7. The van der Waals surface area contributed by atoms with Gasteiger partial charge in [-0.25, -0.2) is 14.5 Å². The molecule has 27 heavy (non-hydrogen) atoms. The lowest BCUT2D eigenvalue weighted by molar-refractivity contribution is -0.386. The lowest BCUT2D eigenvalue weighted by Crippen LogP contribution is -2.12. The van der Waals surface area contributed by atoms with Crippen LogP contribution in [0.4, 0.5) is 5.69 Å². The van der Waals surface area contributed by atoms with E-state index in [1.165, 1.54) is 10.4 Å². The van der Waals surface area contributed by atoms with E-state index in [1.807, 2.05) is 6.92 Å². The highest BCUT2D eigenvalue weighted by atomic mass is 32.1. The normalized spacial score (nSPS) is 12.9. The van der Waals surface area contributed by atoms with Gasteiger partial charge >= 0.3 is 5.69 Å². The van der Waals surface area contributed by atoms with Crippen LogP contribution in [0.2, 0.25) is 0 Å². The van der Waals surface area contributed by atoms with Gasteiger partial charge in [0.1, 0.15) is 28.6 Å². The second-order valence-electron chi connectivity index (χ2n) is 6.55. The zero-order chi connectivity index (χ0) is 19.5. The highest BCUT2D eigenvalue weighted by Crippen LogP contribution is 2.33. The van der Waals surface area contributed by atoms with Crippen molar-refractivity contribution in [2.24, 2.45) is 0 Å². The lowest BCUT2D eigenvalue weighted by Gasteiger charge is -2.09. The van der Waals surface area contributed by atoms with Crippen molar-refractivity contribution in [2.75, 3.05) is 0 Å². The minimum Gasteiger partial charge on any atom is -0.258 e.